The van der Waals surface area contributed by atoms with Gasteiger partial charge in [-0.3, -0.25) is 18.6 Å². The molecule has 0 bridgehead atoms. The van der Waals surface area contributed by atoms with Gasteiger partial charge in [0.1, 0.15) is 12.2 Å². The molecule has 0 aromatic carbocycles. The van der Waals surface area contributed by atoms with E-state index in [0.717, 1.165) is 64.2 Å². The summed E-state index contributed by atoms with van der Waals surface area (Å²) in [5.41, 5.74) is 0. The van der Waals surface area contributed by atoms with Gasteiger partial charge in [0.25, 0.3) is 0 Å². The lowest BCUT2D eigenvalue weighted by molar-refractivity contribution is -0.153. The topological polar surface area (TPSA) is 149 Å². The second-order valence-corrected chi connectivity index (χ2v) is 15.4. The van der Waals surface area contributed by atoms with Gasteiger partial charge in [-0.2, -0.15) is 0 Å². The van der Waals surface area contributed by atoms with Crippen LogP contribution in [0.3, 0.4) is 0 Å². The number of carbonyl (C=O) groups is 2. The highest BCUT2D eigenvalue weighted by Gasteiger charge is 2.27. The van der Waals surface area contributed by atoms with Crippen molar-refractivity contribution in [2.75, 3.05) is 26.4 Å². The molecule has 306 valence electrons. The number of unbranched alkanes of at least 4 members (excludes halogenated alkanes) is 21. The molecule has 0 aliphatic rings. The number of aliphatic hydroxyl groups is 2. The first kappa shape index (κ1) is 50.5. The molecule has 0 heterocycles. The molecule has 0 saturated carbocycles. The zero-order chi connectivity index (χ0) is 38.4. The second-order valence-electron chi connectivity index (χ2n) is 14.0. The summed E-state index contributed by atoms with van der Waals surface area (Å²) < 4.78 is 32.5. The summed E-state index contributed by atoms with van der Waals surface area (Å²) in [7, 11) is -4.63. The van der Waals surface area contributed by atoms with Crippen molar-refractivity contribution in [1.82, 2.24) is 0 Å². The van der Waals surface area contributed by atoms with Crippen LogP contribution in [0.1, 0.15) is 187 Å². The van der Waals surface area contributed by atoms with Crippen molar-refractivity contribution >= 4 is 19.8 Å². The molecule has 3 N–H and O–H groups in total. The van der Waals surface area contributed by atoms with Crippen LogP contribution in [0, 0.1) is 0 Å². The minimum Gasteiger partial charge on any atom is -0.457 e. The molecule has 3 atom stereocenters. The largest absolute Gasteiger partial charge is 0.472 e. The van der Waals surface area contributed by atoms with Crippen molar-refractivity contribution in [3.8, 4) is 0 Å². The van der Waals surface area contributed by atoms with Gasteiger partial charge in [-0.1, -0.05) is 160 Å². The summed E-state index contributed by atoms with van der Waals surface area (Å²) in [6, 6.07) is 0. The van der Waals surface area contributed by atoms with Crippen molar-refractivity contribution in [3.05, 3.63) is 24.3 Å². The molecular formula is C41H77O10P. The lowest BCUT2D eigenvalue weighted by Gasteiger charge is -2.20. The average Bonchev–Trinajstić information content (AvgIpc) is 3.13. The smallest absolute Gasteiger partial charge is 0.457 e. The molecule has 0 saturated heterocycles. The number of phosphoric ester groups is 1. The average molecular weight is 761 g/mol. The van der Waals surface area contributed by atoms with Crippen LogP contribution in [0.2, 0.25) is 0 Å². The van der Waals surface area contributed by atoms with Crippen LogP contribution in [0.5, 0.6) is 0 Å². The molecular weight excluding hydrogens is 683 g/mol. The molecule has 10 nitrogen and oxygen atoms in total. The fraction of sp³-hybridized carbons (Fsp3) is 0.854. The fourth-order valence-corrected chi connectivity index (χ4v) is 6.44. The van der Waals surface area contributed by atoms with Crippen LogP contribution in [-0.4, -0.2) is 65.7 Å². The number of phosphoric acid groups is 1. The SMILES string of the molecule is CCCC/C=C\C/C=C\CCCCCCCC(=O)OC(CO)COP(=O)(O)OCC(CO)OC(=O)CCCCCCCCCCCCCCCCC. The van der Waals surface area contributed by atoms with Crippen molar-refractivity contribution in [2.24, 2.45) is 0 Å². The summed E-state index contributed by atoms with van der Waals surface area (Å²) in [6.07, 6.45) is 35.7. The van der Waals surface area contributed by atoms with Crippen LogP contribution < -0.4 is 0 Å². The highest BCUT2D eigenvalue weighted by molar-refractivity contribution is 7.47. The lowest BCUT2D eigenvalue weighted by atomic mass is 10.0. The fourth-order valence-electron chi connectivity index (χ4n) is 5.66. The molecule has 0 radical (unpaired) electrons. The Labute approximate surface area is 317 Å². The zero-order valence-corrected chi connectivity index (χ0v) is 33.9. The van der Waals surface area contributed by atoms with Crippen molar-refractivity contribution in [2.45, 2.75) is 199 Å². The first-order valence-corrected chi connectivity index (χ1v) is 22.3. The Morgan fingerprint density at radius 2 is 0.865 bits per heavy atom. The maximum Gasteiger partial charge on any atom is 0.472 e. The van der Waals surface area contributed by atoms with E-state index in [1.165, 1.54) is 83.5 Å². The Morgan fingerprint density at radius 1 is 0.519 bits per heavy atom. The van der Waals surface area contributed by atoms with E-state index in [4.69, 9.17) is 18.5 Å². The van der Waals surface area contributed by atoms with E-state index >= 15 is 0 Å². The molecule has 0 aliphatic heterocycles. The van der Waals surface area contributed by atoms with E-state index in [2.05, 4.69) is 38.2 Å². The van der Waals surface area contributed by atoms with Gasteiger partial charge in [-0.25, -0.2) is 4.57 Å². The molecule has 0 aromatic heterocycles. The predicted octanol–water partition coefficient (Wildman–Crippen LogP) is 10.6. The summed E-state index contributed by atoms with van der Waals surface area (Å²) >= 11 is 0. The number of ether oxygens (including phenoxy) is 2. The molecule has 0 aromatic rings. The number of allylic oxidation sites excluding steroid dienone is 4. The van der Waals surface area contributed by atoms with E-state index in [-0.39, 0.29) is 12.8 Å². The molecule has 0 fully saturated rings. The first-order valence-electron chi connectivity index (χ1n) is 20.8. The van der Waals surface area contributed by atoms with E-state index < -0.39 is 58.4 Å². The number of rotatable bonds is 39. The van der Waals surface area contributed by atoms with E-state index in [1.54, 1.807) is 0 Å². The van der Waals surface area contributed by atoms with Gasteiger partial charge in [0.15, 0.2) is 0 Å². The number of hydrogen-bond acceptors (Lipinski definition) is 9. The summed E-state index contributed by atoms with van der Waals surface area (Å²) in [4.78, 5) is 34.4. The van der Waals surface area contributed by atoms with E-state index in [1.807, 2.05) is 0 Å². The molecule has 0 amide bonds. The predicted molar refractivity (Wildman–Crippen MR) is 210 cm³/mol. The maximum atomic E-state index is 12.3. The second kappa shape index (κ2) is 37.8. The van der Waals surface area contributed by atoms with Gasteiger partial charge in [0, 0.05) is 12.8 Å². The Balaban J connectivity index is 3.95. The van der Waals surface area contributed by atoms with Crippen LogP contribution in [0.15, 0.2) is 24.3 Å². The van der Waals surface area contributed by atoms with Crippen molar-refractivity contribution < 1.29 is 47.8 Å². The Morgan fingerprint density at radius 3 is 1.25 bits per heavy atom. The molecule has 0 rings (SSSR count). The lowest BCUT2D eigenvalue weighted by Crippen LogP contribution is -2.28. The highest BCUT2D eigenvalue weighted by Crippen LogP contribution is 2.43. The molecule has 0 spiro atoms. The number of aliphatic hydroxyl groups excluding tert-OH is 2. The number of esters is 2. The van der Waals surface area contributed by atoms with Crippen LogP contribution in [0.4, 0.5) is 0 Å². The van der Waals surface area contributed by atoms with Crippen LogP contribution in [0.25, 0.3) is 0 Å². The van der Waals surface area contributed by atoms with Gasteiger partial charge in [-0.15, -0.1) is 0 Å². The van der Waals surface area contributed by atoms with E-state index in [0.29, 0.717) is 12.8 Å². The Hall–Kier alpha value is -1.55. The van der Waals surface area contributed by atoms with Crippen LogP contribution >= 0.6 is 7.82 Å². The summed E-state index contributed by atoms with van der Waals surface area (Å²) in [5, 5.41) is 19.1. The summed E-state index contributed by atoms with van der Waals surface area (Å²) in [5.74, 6) is -1.03. The molecule has 0 aliphatic carbocycles. The van der Waals surface area contributed by atoms with Gasteiger partial charge in [-0.05, 0) is 38.5 Å². The Kier molecular flexibility index (Phi) is 36.6. The quantitative estimate of drug-likeness (QED) is 0.0239. The first-order chi connectivity index (χ1) is 25.3. The third-order valence-electron chi connectivity index (χ3n) is 8.92. The zero-order valence-electron chi connectivity index (χ0n) is 33.0. The van der Waals surface area contributed by atoms with Gasteiger partial charge in [0.2, 0.25) is 0 Å². The third-order valence-corrected chi connectivity index (χ3v) is 9.87. The van der Waals surface area contributed by atoms with Crippen molar-refractivity contribution in [1.29, 1.82) is 0 Å². The van der Waals surface area contributed by atoms with Gasteiger partial charge in [0.05, 0.1) is 26.4 Å². The minimum absolute atomic E-state index is 0.178. The van der Waals surface area contributed by atoms with Gasteiger partial charge < -0.3 is 24.6 Å². The number of carbonyl (C=O) groups excluding carboxylic acids is 2. The summed E-state index contributed by atoms with van der Waals surface area (Å²) in [6.45, 7) is 2.16. The normalized spacial score (nSPS) is 14.2. The molecule has 11 heteroatoms. The monoisotopic (exact) mass is 761 g/mol. The standard InChI is InChI=1S/C41H77O10P/c1-3-5-7-9-11-13-15-17-19-21-23-25-27-29-31-33-41(45)51-39(35-43)37-49-52(46,47)48-36-38(34-42)50-40(44)32-30-28-26-24-22-20-18-16-14-12-10-8-6-4-2/h10,12,16,18,38-39,42-43H,3-9,11,13-15,17,19-37H2,1-2H3,(H,46,47)/b12-10-,18-16-. The molecule has 3 unspecified atom stereocenters. The minimum atomic E-state index is -4.63. The van der Waals surface area contributed by atoms with E-state index in [9.17, 15) is 29.3 Å². The van der Waals surface area contributed by atoms with Crippen LogP contribution in [-0.2, 0) is 32.7 Å². The highest BCUT2D eigenvalue weighted by atomic mass is 31.2. The Bertz CT molecular complexity index is 925. The van der Waals surface area contributed by atoms with Crippen molar-refractivity contribution in [3.63, 3.8) is 0 Å². The maximum absolute atomic E-state index is 12.3. The molecule has 52 heavy (non-hydrogen) atoms. The van der Waals surface area contributed by atoms with Gasteiger partial charge >= 0.3 is 19.8 Å². The third kappa shape index (κ3) is 35.5. The number of hydrogen-bond donors (Lipinski definition) is 3.